The Balaban J connectivity index is 1.35. The molecule has 0 saturated carbocycles. The number of nitrogens with zero attached hydrogens (tertiary/aromatic N) is 3. The van der Waals surface area contributed by atoms with Gasteiger partial charge in [-0.05, 0) is 43.2 Å². The minimum atomic E-state index is -3.96. The second-order valence-electron chi connectivity index (χ2n) is 10.2. The summed E-state index contributed by atoms with van der Waals surface area (Å²) in [6, 6.07) is 13.7. The molecule has 0 radical (unpaired) electrons. The highest BCUT2D eigenvalue weighted by Gasteiger charge is 2.46. The number of para-hydroxylation sites is 1. The van der Waals surface area contributed by atoms with Gasteiger partial charge in [0.15, 0.2) is 0 Å². The summed E-state index contributed by atoms with van der Waals surface area (Å²) < 4.78 is 34.3. The summed E-state index contributed by atoms with van der Waals surface area (Å²) in [4.78, 5) is 20.5. The van der Waals surface area contributed by atoms with E-state index in [4.69, 9.17) is 4.74 Å². The molecular formula is C27H32N4O6S. The quantitative estimate of drug-likeness (QED) is 0.431. The third-order valence-corrected chi connectivity index (χ3v) is 9.78. The summed E-state index contributed by atoms with van der Waals surface area (Å²) in [5, 5.41) is 20.8. The number of amides is 1. The lowest BCUT2D eigenvalue weighted by Gasteiger charge is -2.44. The maximum Gasteiger partial charge on any atom is 0.243 e. The largest absolute Gasteiger partial charge is 0.394 e. The number of carbonyl (C=O) groups is 1. The maximum absolute atomic E-state index is 13.8. The summed E-state index contributed by atoms with van der Waals surface area (Å²) >= 11 is 0. The van der Waals surface area contributed by atoms with Crippen molar-refractivity contribution in [2.24, 2.45) is 0 Å². The number of benzene rings is 2. The lowest BCUT2D eigenvalue weighted by molar-refractivity contribution is -0.148. The molecule has 3 aliphatic heterocycles. The molecule has 3 fully saturated rings. The van der Waals surface area contributed by atoms with Gasteiger partial charge >= 0.3 is 0 Å². The van der Waals surface area contributed by atoms with Gasteiger partial charge in [-0.3, -0.25) is 4.79 Å². The SMILES string of the molecule is O=C([C@@H]1CCN1S(=O)(=O)c1ccc(N2CC[C@H](O)C2)c(-c2cc3ccccc3[nH]2)c1)N1CCOC[C@@H]1CO. The Morgan fingerprint density at radius 1 is 1.08 bits per heavy atom. The molecule has 202 valence electrons. The number of morpholine rings is 1. The third kappa shape index (κ3) is 4.38. The van der Waals surface area contributed by atoms with Crippen molar-refractivity contribution >= 4 is 32.5 Å². The number of aliphatic hydroxyl groups excluding tert-OH is 2. The number of β-amino-alcohol motifs (C(OH)–C–C–N with tert-alkyl or cyclic N) is 1. The van der Waals surface area contributed by atoms with Crippen LogP contribution in [0.5, 0.6) is 0 Å². The summed E-state index contributed by atoms with van der Waals surface area (Å²) in [5.41, 5.74) is 3.31. The number of aromatic nitrogens is 1. The van der Waals surface area contributed by atoms with E-state index < -0.39 is 28.2 Å². The number of nitrogens with one attached hydrogen (secondary N) is 1. The molecule has 0 unspecified atom stereocenters. The van der Waals surface area contributed by atoms with Crippen LogP contribution in [0.1, 0.15) is 12.8 Å². The average molecular weight is 541 g/mol. The Hall–Kier alpha value is -2.96. The van der Waals surface area contributed by atoms with Gasteiger partial charge in [0, 0.05) is 54.0 Å². The highest BCUT2D eigenvalue weighted by atomic mass is 32.2. The molecule has 0 aliphatic carbocycles. The van der Waals surface area contributed by atoms with Crippen LogP contribution in [0.15, 0.2) is 53.4 Å². The molecule has 1 aromatic heterocycles. The molecule has 0 bridgehead atoms. The van der Waals surface area contributed by atoms with Crippen molar-refractivity contribution in [1.29, 1.82) is 0 Å². The molecule has 0 spiro atoms. The Bertz CT molecular complexity index is 1420. The first-order chi connectivity index (χ1) is 18.4. The molecule has 4 heterocycles. The van der Waals surface area contributed by atoms with Crippen molar-refractivity contribution < 1.29 is 28.2 Å². The number of sulfonamides is 1. The molecule has 3 atom stereocenters. The van der Waals surface area contributed by atoms with Gasteiger partial charge in [0.25, 0.3) is 0 Å². The van der Waals surface area contributed by atoms with Crippen molar-refractivity contribution in [3.63, 3.8) is 0 Å². The number of fused-ring (bicyclic) bond motifs is 1. The summed E-state index contributed by atoms with van der Waals surface area (Å²) in [5.74, 6) is -0.291. The minimum absolute atomic E-state index is 0.118. The number of anilines is 1. The molecule has 38 heavy (non-hydrogen) atoms. The second kappa shape index (κ2) is 9.97. The first-order valence-corrected chi connectivity index (χ1v) is 14.5. The van der Waals surface area contributed by atoms with Gasteiger partial charge in [-0.1, -0.05) is 18.2 Å². The van der Waals surface area contributed by atoms with Crippen LogP contribution in [0.3, 0.4) is 0 Å². The fourth-order valence-corrected chi connectivity index (χ4v) is 7.32. The zero-order chi connectivity index (χ0) is 26.4. The highest BCUT2D eigenvalue weighted by molar-refractivity contribution is 7.89. The Morgan fingerprint density at radius 2 is 1.92 bits per heavy atom. The first-order valence-electron chi connectivity index (χ1n) is 13.0. The predicted octanol–water partition coefficient (Wildman–Crippen LogP) is 1.39. The van der Waals surface area contributed by atoms with Crippen molar-refractivity contribution in [1.82, 2.24) is 14.2 Å². The third-order valence-electron chi connectivity index (χ3n) is 7.88. The van der Waals surface area contributed by atoms with Crippen molar-refractivity contribution in [2.75, 3.05) is 50.9 Å². The van der Waals surface area contributed by atoms with Gasteiger partial charge in [-0.15, -0.1) is 0 Å². The van der Waals surface area contributed by atoms with Crippen LogP contribution in [-0.4, -0.2) is 103 Å². The Labute approximate surface area is 221 Å². The summed E-state index contributed by atoms with van der Waals surface area (Å²) in [7, 11) is -3.96. The number of H-pyrrole nitrogens is 1. The van der Waals surface area contributed by atoms with Gasteiger partial charge in [0.1, 0.15) is 6.04 Å². The maximum atomic E-state index is 13.8. The number of rotatable bonds is 6. The van der Waals surface area contributed by atoms with Crippen LogP contribution in [0.25, 0.3) is 22.2 Å². The van der Waals surface area contributed by atoms with Crippen LogP contribution in [0.2, 0.25) is 0 Å². The van der Waals surface area contributed by atoms with E-state index in [1.807, 2.05) is 30.3 Å². The van der Waals surface area contributed by atoms with Crippen molar-refractivity contribution in [2.45, 2.75) is 35.9 Å². The Kier molecular flexibility index (Phi) is 6.65. The molecule has 3 N–H and O–H groups in total. The van der Waals surface area contributed by atoms with E-state index in [0.29, 0.717) is 39.1 Å². The predicted molar refractivity (Wildman–Crippen MR) is 142 cm³/mol. The van der Waals surface area contributed by atoms with Crippen LogP contribution < -0.4 is 4.90 Å². The van der Waals surface area contributed by atoms with Crippen molar-refractivity contribution in [3.05, 3.63) is 48.5 Å². The fraction of sp³-hybridized carbons (Fsp3) is 0.444. The van der Waals surface area contributed by atoms with Crippen LogP contribution >= 0.6 is 0 Å². The highest BCUT2D eigenvalue weighted by Crippen LogP contribution is 2.38. The molecule has 3 aliphatic rings. The number of hydrogen-bond acceptors (Lipinski definition) is 7. The summed E-state index contributed by atoms with van der Waals surface area (Å²) in [6.45, 7) is 2.11. The van der Waals surface area contributed by atoms with E-state index in [1.54, 1.807) is 23.1 Å². The molecule has 11 heteroatoms. The lowest BCUT2D eigenvalue weighted by Crippen LogP contribution is -2.62. The summed E-state index contributed by atoms with van der Waals surface area (Å²) in [6.07, 6.45) is 0.663. The van der Waals surface area contributed by atoms with Crippen LogP contribution in [0.4, 0.5) is 5.69 Å². The van der Waals surface area contributed by atoms with E-state index in [0.717, 1.165) is 27.8 Å². The van der Waals surface area contributed by atoms with E-state index in [-0.39, 0.29) is 30.6 Å². The van der Waals surface area contributed by atoms with Crippen molar-refractivity contribution in [3.8, 4) is 11.3 Å². The van der Waals surface area contributed by atoms with E-state index >= 15 is 0 Å². The number of carbonyl (C=O) groups excluding carboxylic acids is 1. The normalized spacial score (nSPS) is 24.6. The van der Waals surface area contributed by atoms with E-state index in [2.05, 4.69) is 9.88 Å². The average Bonchev–Trinajstić information content (AvgIpc) is 3.53. The number of aliphatic hydroxyl groups is 2. The molecule has 1 amide bonds. The van der Waals surface area contributed by atoms with Gasteiger partial charge in [0.2, 0.25) is 15.9 Å². The fourth-order valence-electron chi connectivity index (χ4n) is 5.67. The molecule has 3 saturated heterocycles. The molecule has 3 aromatic rings. The zero-order valence-electron chi connectivity index (χ0n) is 21.0. The molecule has 10 nitrogen and oxygen atoms in total. The van der Waals surface area contributed by atoms with E-state index in [1.165, 1.54) is 4.31 Å². The number of hydrogen-bond donors (Lipinski definition) is 3. The Morgan fingerprint density at radius 3 is 2.63 bits per heavy atom. The van der Waals surface area contributed by atoms with Gasteiger partial charge in [0.05, 0.1) is 36.9 Å². The van der Waals surface area contributed by atoms with Crippen LogP contribution in [-0.2, 0) is 19.6 Å². The molecule has 6 rings (SSSR count). The van der Waals surface area contributed by atoms with Gasteiger partial charge in [-0.25, -0.2) is 8.42 Å². The standard InChI is InChI=1S/C27H32N4O6S/c32-16-19-17-37-12-11-30(19)27(34)26-8-10-31(26)38(35,36)21-5-6-25(29-9-7-20(33)15-29)22(14-21)24-13-18-3-1-2-4-23(18)28-24/h1-6,13-14,19-20,26,28,32-33H,7-12,15-17H2/t19-,20-,26-/m0/s1. The minimum Gasteiger partial charge on any atom is -0.394 e. The molecule has 2 aromatic carbocycles. The second-order valence-corrected chi connectivity index (χ2v) is 12.1. The van der Waals surface area contributed by atoms with E-state index in [9.17, 15) is 23.4 Å². The monoisotopic (exact) mass is 540 g/mol. The number of aromatic amines is 1. The molecular weight excluding hydrogens is 508 g/mol. The van der Waals surface area contributed by atoms with Gasteiger partial charge in [-0.2, -0.15) is 4.31 Å². The topological polar surface area (TPSA) is 126 Å². The zero-order valence-corrected chi connectivity index (χ0v) is 21.8. The van der Waals surface area contributed by atoms with Crippen LogP contribution in [0, 0.1) is 0 Å². The first kappa shape index (κ1) is 25.3. The lowest BCUT2D eigenvalue weighted by atomic mass is 10.0. The smallest absolute Gasteiger partial charge is 0.243 e. The van der Waals surface area contributed by atoms with Gasteiger partial charge < -0.3 is 29.7 Å². The number of ether oxygens (including phenoxy) is 1.